The molecule has 2 aliphatic heterocycles. The van der Waals surface area contributed by atoms with E-state index in [4.69, 9.17) is 9.73 Å². The molecule has 4 rings (SSSR count). The van der Waals surface area contributed by atoms with Crippen molar-refractivity contribution in [1.82, 2.24) is 20.0 Å². The maximum atomic E-state index is 13.6. The number of urea groups is 1. The Labute approximate surface area is 234 Å². The lowest BCUT2D eigenvalue weighted by atomic mass is 9.97. The second kappa shape index (κ2) is 13.3. The molecule has 1 saturated heterocycles. The van der Waals surface area contributed by atoms with E-state index in [1.165, 1.54) is 12.1 Å². The van der Waals surface area contributed by atoms with Crippen LogP contribution in [0.15, 0.2) is 47.5 Å². The average molecular weight is 550 g/mol. The van der Waals surface area contributed by atoms with Crippen LogP contribution in [0.1, 0.15) is 31.4 Å². The van der Waals surface area contributed by atoms with E-state index < -0.39 is 5.82 Å². The van der Waals surface area contributed by atoms with E-state index in [2.05, 4.69) is 24.5 Å². The Kier molecular flexibility index (Phi) is 9.56. The molecular weight excluding hydrogens is 513 g/mol. The highest BCUT2D eigenvalue weighted by atomic mass is 19.1. The van der Waals surface area contributed by atoms with Crippen LogP contribution < -0.4 is 10.6 Å². The van der Waals surface area contributed by atoms with Gasteiger partial charge in [-0.05, 0) is 47.7 Å². The van der Waals surface area contributed by atoms with Crippen LogP contribution in [0.3, 0.4) is 0 Å². The molecule has 0 spiro atoms. The smallest absolute Gasteiger partial charge is 0.321 e. The van der Waals surface area contributed by atoms with Crippen molar-refractivity contribution in [3.8, 4) is 6.19 Å². The molecule has 2 aliphatic rings. The number of anilines is 1. The van der Waals surface area contributed by atoms with Crippen LogP contribution in [0.4, 0.5) is 20.6 Å². The third kappa shape index (κ3) is 6.87. The summed E-state index contributed by atoms with van der Waals surface area (Å²) in [7, 11) is 1.58. The number of nitrogens with zero attached hydrogens (tertiary/aromatic N) is 5. The summed E-state index contributed by atoms with van der Waals surface area (Å²) in [6.45, 7) is 6.91. The number of rotatable bonds is 6. The predicted octanol–water partition coefficient (Wildman–Crippen LogP) is 3.68. The van der Waals surface area contributed by atoms with Crippen LogP contribution in [-0.4, -0.2) is 78.5 Å². The summed E-state index contributed by atoms with van der Waals surface area (Å²) in [5.74, 6) is 0.220. The summed E-state index contributed by atoms with van der Waals surface area (Å²) in [5, 5.41) is 15.1. The quantitative estimate of drug-likeness (QED) is 0.246. The van der Waals surface area contributed by atoms with Gasteiger partial charge in [0.1, 0.15) is 5.82 Å². The van der Waals surface area contributed by atoms with Crippen molar-refractivity contribution < 1.29 is 18.7 Å². The van der Waals surface area contributed by atoms with Gasteiger partial charge in [-0.3, -0.25) is 10.1 Å². The van der Waals surface area contributed by atoms with E-state index in [1.54, 1.807) is 24.1 Å². The van der Waals surface area contributed by atoms with E-state index in [0.717, 1.165) is 16.8 Å². The molecule has 2 heterocycles. The SMILES string of the molecule is COCCC(=O)N1CCc2c(cccc2N=C(NC#N)N2CCN(C(=O)Nc3cccc(F)c3)CC2C(C)C)C1. The lowest BCUT2D eigenvalue weighted by molar-refractivity contribution is -0.133. The van der Waals surface area contributed by atoms with Crippen LogP contribution in [0.25, 0.3) is 0 Å². The number of amides is 3. The topological polar surface area (TPSA) is 113 Å². The monoisotopic (exact) mass is 549 g/mol. The second-order valence-corrected chi connectivity index (χ2v) is 10.3. The molecule has 0 aliphatic carbocycles. The Bertz CT molecular complexity index is 1290. The Morgan fingerprint density at radius 2 is 1.98 bits per heavy atom. The minimum atomic E-state index is -0.417. The van der Waals surface area contributed by atoms with Crippen LogP contribution in [0.2, 0.25) is 0 Å². The Balaban J connectivity index is 1.52. The lowest BCUT2D eigenvalue weighted by Gasteiger charge is -2.44. The molecule has 2 aromatic carbocycles. The third-order valence-corrected chi connectivity index (χ3v) is 7.33. The van der Waals surface area contributed by atoms with Gasteiger partial charge < -0.3 is 24.8 Å². The number of hydrogen-bond acceptors (Lipinski definition) is 5. The molecule has 2 aromatic rings. The predicted molar refractivity (Wildman–Crippen MR) is 150 cm³/mol. The molecule has 10 nitrogen and oxygen atoms in total. The van der Waals surface area contributed by atoms with Crippen LogP contribution >= 0.6 is 0 Å². The number of aliphatic imine (C=N–C) groups is 1. The number of halogens is 1. The van der Waals surface area contributed by atoms with E-state index in [1.807, 2.05) is 34.2 Å². The number of ether oxygens (including phenoxy) is 1. The summed E-state index contributed by atoms with van der Waals surface area (Å²) in [6.07, 6.45) is 3.03. The Hall–Kier alpha value is -4.17. The van der Waals surface area contributed by atoms with Gasteiger partial charge in [0.15, 0.2) is 6.19 Å². The van der Waals surface area contributed by atoms with E-state index in [0.29, 0.717) is 63.8 Å². The molecule has 3 amide bonds. The molecule has 212 valence electrons. The second-order valence-electron chi connectivity index (χ2n) is 10.3. The van der Waals surface area contributed by atoms with Crippen molar-refractivity contribution in [2.75, 3.05) is 45.2 Å². The molecule has 11 heteroatoms. The zero-order valence-electron chi connectivity index (χ0n) is 23.2. The van der Waals surface area contributed by atoms with Gasteiger partial charge in [-0.25, -0.2) is 14.2 Å². The fraction of sp³-hybridized carbons (Fsp3) is 0.448. The van der Waals surface area contributed by atoms with Crippen molar-refractivity contribution >= 4 is 29.3 Å². The van der Waals surface area contributed by atoms with Crippen molar-refractivity contribution in [3.05, 3.63) is 59.4 Å². The standard InChI is InChI=1S/C29H36FN7O3/c1-20(2)26-18-36(29(39)33-23-8-5-7-22(30)16-23)13-14-37(26)28(32-19-31)34-25-9-4-6-21-17-35(12-10-24(21)25)27(38)11-15-40-3/h4-9,16,20,26H,10-15,17-18H2,1-3H3,(H,32,34)(H,33,39). The fourth-order valence-electron chi connectivity index (χ4n) is 5.18. The van der Waals surface area contributed by atoms with E-state index in [-0.39, 0.29) is 23.9 Å². The summed E-state index contributed by atoms with van der Waals surface area (Å²) in [4.78, 5) is 36.0. The summed E-state index contributed by atoms with van der Waals surface area (Å²) in [6, 6.07) is 11.2. The highest BCUT2D eigenvalue weighted by Gasteiger charge is 2.34. The first kappa shape index (κ1) is 28.8. The largest absolute Gasteiger partial charge is 0.384 e. The number of guanidine groups is 1. The van der Waals surface area contributed by atoms with Crippen molar-refractivity contribution in [2.45, 2.75) is 39.3 Å². The molecule has 0 radical (unpaired) electrons. The summed E-state index contributed by atoms with van der Waals surface area (Å²) in [5.41, 5.74) is 3.25. The van der Waals surface area contributed by atoms with Gasteiger partial charge in [-0.15, -0.1) is 0 Å². The molecule has 0 saturated carbocycles. The van der Waals surface area contributed by atoms with E-state index in [9.17, 15) is 19.2 Å². The Morgan fingerprint density at radius 3 is 2.70 bits per heavy atom. The first-order chi connectivity index (χ1) is 19.3. The molecule has 1 atom stereocenters. The number of fused-ring (bicyclic) bond motifs is 1. The van der Waals surface area contributed by atoms with Crippen LogP contribution in [0.5, 0.6) is 0 Å². The fourth-order valence-corrected chi connectivity index (χ4v) is 5.18. The molecule has 1 unspecified atom stereocenters. The van der Waals surface area contributed by atoms with Gasteiger partial charge in [-0.2, -0.15) is 5.26 Å². The average Bonchev–Trinajstić information content (AvgIpc) is 2.95. The van der Waals surface area contributed by atoms with Gasteiger partial charge in [0.05, 0.1) is 24.8 Å². The molecule has 0 bridgehead atoms. The number of methoxy groups -OCH3 is 1. The maximum absolute atomic E-state index is 13.6. The zero-order valence-corrected chi connectivity index (χ0v) is 23.2. The highest BCUT2D eigenvalue weighted by Crippen LogP contribution is 2.30. The van der Waals surface area contributed by atoms with Crippen LogP contribution in [-0.2, 0) is 22.5 Å². The molecule has 1 fully saturated rings. The summed E-state index contributed by atoms with van der Waals surface area (Å²) < 4.78 is 18.6. The molecule has 0 aromatic heterocycles. The van der Waals surface area contributed by atoms with Gasteiger partial charge >= 0.3 is 6.03 Å². The number of hydrogen-bond donors (Lipinski definition) is 2. The van der Waals surface area contributed by atoms with Crippen molar-refractivity contribution in [1.29, 1.82) is 5.26 Å². The zero-order chi connectivity index (χ0) is 28.6. The minimum absolute atomic E-state index is 0.0623. The molecule has 40 heavy (non-hydrogen) atoms. The number of nitriles is 1. The van der Waals surface area contributed by atoms with Gasteiger partial charge in [0.2, 0.25) is 11.9 Å². The van der Waals surface area contributed by atoms with Gasteiger partial charge in [-0.1, -0.05) is 32.0 Å². The summed E-state index contributed by atoms with van der Waals surface area (Å²) >= 11 is 0. The highest BCUT2D eigenvalue weighted by molar-refractivity contribution is 5.90. The number of carbonyl (C=O) groups is 2. The van der Waals surface area contributed by atoms with Crippen molar-refractivity contribution in [3.63, 3.8) is 0 Å². The molecular formula is C29H36FN7O3. The first-order valence-corrected chi connectivity index (χ1v) is 13.5. The van der Waals surface area contributed by atoms with Gasteiger partial charge in [0, 0.05) is 45.5 Å². The number of piperazine rings is 1. The first-order valence-electron chi connectivity index (χ1n) is 13.5. The van der Waals surface area contributed by atoms with Gasteiger partial charge in [0.25, 0.3) is 0 Å². The number of nitrogens with one attached hydrogen (secondary N) is 2. The third-order valence-electron chi connectivity index (χ3n) is 7.33. The van der Waals surface area contributed by atoms with Crippen LogP contribution in [0, 0.1) is 23.2 Å². The number of carbonyl (C=O) groups excluding carboxylic acids is 2. The lowest BCUT2D eigenvalue weighted by Crippen LogP contribution is -2.60. The number of benzene rings is 2. The Morgan fingerprint density at radius 1 is 1.18 bits per heavy atom. The maximum Gasteiger partial charge on any atom is 0.321 e. The molecule has 2 N–H and O–H groups in total. The minimum Gasteiger partial charge on any atom is -0.384 e. The van der Waals surface area contributed by atoms with Crippen molar-refractivity contribution in [2.24, 2.45) is 10.9 Å². The van der Waals surface area contributed by atoms with E-state index >= 15 is 0 Å². The normalized spacial score (nSPS) is 17.4.